The van der Waals surface area contributed by atoms with Crippen molar-refractivity contribution in [3.05, 3.63) is 45.2 Å². The van der Waals surface area contributed by atoms with E-state index in [-0.39, 0.29) is 18.0 Å². The van der Waals surface area contributed by atoms with E-state index in [1.54, 1.807) is 39.2 Å². The highest BCUT2D eigenvalue weighted by molar-refractivity contribution is 5.88. The van der Waals surface area contributed by atoms with Gasteiger partial charge in [-0.2, -0.15) is 5.26 Å². The topological polar surface area (TPSA) is 96.8 Å². The fourth-order valence-electron chi connectivity index (χ4n) is 2.44. The van der Waals surface area contributed by atoms with Crippen LogP contribution in [0.25, 0.3) is 0 Å². The molecule has 2 aromatic rings. The molecule has 0 amide bonds. The van der Waals surface area contributed by atoms with E-state index in [1.165, 1.54) is 13.3 Å². The zero-order chi connectivity index (χ0) is 18.6. The van der Waals surface area contributed by atoms with Crippen LogP contribution >= 0.6 is 0 Å². The Labute approximate surface area is 145 Å². The van der Waals surface area contributed by atoms with E-state index in [1.807, 2.05) is 6.07 Å². The lowest BCUT2D eigenvalue weighted by molar-refractivity contribution is 0.395. The first-order chi connectivity index (χ1) is 12.0. The normalized spacial score (nSPS) is 10.7. The number of aliphatic imine (C=N–C) groups is 1. The van der Waals surface area contributed by atoms with Crippen molar-refractivity contribution in [2.24, 2.45) is 4.99 Å². The maximum atomic E-state index is 12.2. The highest BCUT2D eigenvalue weighted by atomic mass is 16.5. The Morgan fingerprint density at radius 1 is 1.36 bits per heavy atom. The lowest BCUT2D eigenvalue weighted by Gasteiger charge is -2.12. The molecule has 0 aliphatic rings. The lowest BCUT2D eigenvalue weighted by atomic mass is 10.1. The Morgan fingerprint density at radius 2 is 2.08 bits per heavy atom. The molecular weight excluding hydrogens is 322 g/mol. The summed E-state index contributed by atoms with van der Waals surface area (Å²) < 4.78 is 11.6. The molecule has 0 fully saturated rings. The van der Waals surface area contributed by atoms with Crippen molar-refractivity contribution < 1.29 is 14.6 Å². The Morgan fingerprint density at radius 3 is 2.64 bits per heavy atom. The van der Waals surface area contributed by atoms with Gasteiger partial charge in [0.1, 0.15) is 28.8 Å². The van der Waals surface area contributed by atoms with Crippen LogP contribution in [0.5, 0.6) is 17.4 Å². The molecule has 1 heterocycles. The zero-order valence-electron chi connectivity index (χ0n) is 14.5. The SMILES string of the molecule is CCn1c(O)c(C=Nc2ccc(OC)cc2OC)c(C)c(C#N)c1=O. The molecular formula is C18H19N3O4. The number of aromatic nitrogens is 1. The van der Waals surface area contributed by atoms with Crippen LogP contribution in [0.2, 0.25) is 0 Å². The summed E-state index contributed by atoms with van der Waals surface area (Å²) in [7, 11) is 3.07. The van der Waals surface area contributed by atoms with Gasteiger partial charge < -0.3 is 14.6 Å². The van der Waals surface area contributed by atoms with Crippen LogP contribution in [0.3, 0.4) is 0 Å². The predicted molar refractivity (Wildman–Crippen MR) is 94.3 cm³/mol. The Balaban J connectivity index is 2.60. The highest BCUT2D eigenvalue weighted by Crippen LogP contribution is 2.32. The Kier molecular flexibility index (Phi) is 5.45. The monoisotopic (exact) mass is 341 g/mol. The second kappa shape index (κ2) is 7.53. The summed E-state index contributed by atoms with van der Waals surface area (Å²) >= 11 is 0. The standard InChI is InChI=1S/C18H19N3O4/c1-5-21-17(22)13(9-19)11(2)14(18(21)23)10-20-15-7-6-12(24-3)8-16(15)25-4/h6-8,10,23H,5H2,1-4H3. The van der Waals surface area contributed by atoms with E-state index >= 15 is 0 Å². The summed E-state index contributed by atoms with van der Waals surface area (Å²) in [5.74, 6) is 0.901. The van der Waals surface area contributed by atoms with Gasteiger partial charge in [-0.1, -0.05) is 0 Å². The van der Waals surface area contributed by atoms with Crippen LogP contribution in [0.1, 0.15) is 23.6 Å². The second-order valence-electron chi connectivity index (χ2n) is 5.19. The fraction of sp³-hybridized carbons (Fsp3) is 0.278. The van der Waals surface area contributed by atoms with E-state index in [4.69, 9.17) is 9.47 Å². The second-order valence-corrected chi connectivity index (χ2v) is 5.19. The van der Waals surface area contributed by atoms with E-state index in [0.717, 1.165) is 4.57 Å². The van der Waals surface area contributed by atoms with Crippen LogP contribution in [0, 0.1) is 18.3 Å². The number of nitriles is 1. The van der Waals surface area contributed by atoms with Gasteiger partial charge in [0, 0.05) is 18.8 Å². The number of pyridine rings is 1. The van der Waals surface area contributed by atoms with E-state index in [0.29, 0.717) is 28.3 Å². The van der Waals surface area contributed by atoms with Crippen LogP contribution in [-0.4, -0.2) is 30.1 Å². The average molecular weight is 341 g/mol. The number of benzene rings is 1. The first-order valence-corrected chi connectivity index (χ1v) is 7.61. The highest BCUT2D eigenvalue weighted by Gasteiger charge is 2.17. The molecule has 0 bridgehead atoms. The van der Waals surface area contributed by atoms with Crippen LogP contribution in [0.4, 0.5) is 5.69 Å². The third kappa shape index (κ3) is 3.33. The number of nitrogens with zero attached hydrogens (tertiary/aromatic N) is 3. The van der Waals surface area contributed by atoms with Crippen LogP contribution in [0.15, 0.2) is 28.0 Å². The molecule has 130 valence electrons. The molecule has 25 heavy (non-hydrogen) atoms. The summed E-state index contributed by atoms with van der Waals surface area (Å²) in [4.78, 5) is 16.5. The smallest absolute Gasteiger partial charge is 0.271 e. The molecule has 0 saturated heterocycles. The van der Waals surface area contributed by atoms with E-state index in [9.17, 15) is 15.2 Å². The summed E-state index contributed by atoms with van der Waals surface area (Å²) in [6.07, 6.45) is 1.42. The quantitative estimate of drug-likeness (QED) is 0.843. The largest absolute Gasteiger partial charge is 0.497 e. The number of aromatic hydroxyl groups is 1. The molecule has 1 aromatic heterocycles. The summed E-state index contributed by atoms with van der Waals surface area (Å²) in [5.41, 5.74) is 0.693. The van der Waals surface area contributed by atoms with Gasteiger partial charge in [0.25, 0.3) is 5.56 Å². The van der Waals surface area contributed by atoms with Gasteiger partial charge in [-0.25, -0.2) is 0 Å². The molecule has 2 rings (SSSR count). The number of methoxy groups -OCH3 is 2. The van der Waals surface area contributed by atoms with Crippen molar-refractivity contribution in [3.8, 4) is 23.4 Å². The minimum atomic E-state index is -0.515. The van der Waals surface area contributed by atoms with Crippen molar-refractivity contribution in [2.45, 2.75) is 20.4 Å². The van der Waals surface area contributed by atoms with E-state index < -0.39 is 5.56 Å². The minimum Gasteiger partial charge on any atom is -0.497 e. The molecule has 0 atom stereocenters. The van der Waals surface area contributed by atoms with Crippen molar-refractivity contribution in [1.29, 1.82) is 5.26 Å². The van der Waals surface area contributed by atoms with Gasteiger partial charge >= 0.3 is 0 Å². The summed E-state index contributed by atoms with van der Waals surface area (Å²) in [5, 5.41) is 19.6. The third-order valence-electron chi connectivity index (χ3n) is 3.88. The van der Waals surface area contributed by atoms with Gasteiger partial charge in [-0.05, 0) is 31.5 Å². The first kappa shape index (κ1) is 18.1. The molecule has 0 unspecified atom stereocenters. The molecule has 0 saturated carbocycles. The Hall–Kier alpha value is -3.27. The average Bonchev–Trinajstić information content (AvgIpc) is 2.62. The molecule has 0 radical (unpaired) electrons. The molecule has 1 N–H and O–H groups in total. The molecule has 0 spiro atoms. The molecule has 0 aliphatic carbocycles. The van der Waals surface area contributed by atoms with Gasteiger partial charge in [0.05, 0.1) is 19.8 Å². The molecule has 7 heteroatoms. The van der Waals surface area contributed by atoms with Gasteiger partial charge in [-0.15, -0.1) is 0 Å². The summed E-state index contributed by atoms with van der Waals surface area (Å²) in [6.45, 7) is 3.56. The molecule has 7 nitrogen and oxygen atoms in total. The van der Waals surface area contributed by atoms with Crippen LogP contribution in [-0.2, 0) is 6.54 Å². The van der Waals surface area contributed by atoms with Gasteiger partial charge in [0.2, 0.25) is 5.88 Å². The number of hydrogen-bond acceptors (Lipinski definition) is 6. The van der Waals surface area contributed by atoms with Crippen molar-refractivity contribution in [2.75, 3.05) is 14.2 Å². The summed E-state index contributed by atoms with van der Waals surface area (Å²) in [6, 6.07) is 7.02. The van der Waals surface area contributed by atoms with Crippen molar-refractivity contribution in [1.82, 2.24) is 4.57 Å². The maximum Gasteiger partial charge on any atom is 0.271 e. The zero-order valence-corrected chi connectivity index (χ0v) is 14.5. The van der Waals surface area contributed by atoms with E-state index in [2.05, 4.69) is 4.99 Å². The van der Waals surface area contributed by atoms with Gasteiger partial charge in [-0.3, -0.25) is 14.4 Å². The lowest BCUT2D eigenvalue weighted by Crippen LogP contribution is -2.24. The maximum absolute atomic E-state index is 12.2. The minimum absolute atomic E-state index is 0.0113. The molecule has 0 aliphatic heterocycles. The van der Waals surface area contributed by atoms with Gasteiger partial charge in [0.15, 0.2) is 0 Å². The van der Waals surface area contributed by atoms with Crippen molar-refractivity contribution >= 4 is 11.9 Å². The number of rotatable bonds is 5. The van der Waals surface area contributed by atoms with Crippen LogP contribution < -0.4 is 15.0 Å². The third-order valence-corrected chi connectivity index (χ3v) is 3.88. The van der Waals surface area contributed by atoms with Crippen molar-refractivity contribution in [3.63, 3.8) is 0 Å². The number of ether oxygens (including phenoxy) is 2. The molecule has 1 aromatic carbocycles. The Bertz CT molecular complexity index is 923. The first-order valence-electron chi connectivity index (χ1n) is 7.61. The predicted octanol–water partition coefficient (Wildman–Crippen LogP) is 2.52. The fourth-order valence-corrected chi connectivity index (χ4v) is 2.44. The number of hydrogen-bond donors (Lipinski definition) is 1.